The molecule has 0 saturated carbocycles. The summed E-state index contributed by atoms with van der Waals surface area (Å²) >= 11 is 0. The summed E-state index contributed by atoms with van der Waals surface area (Å²) in [6, 6.07) is 15.5. The molecule has 0 spiro atoms. The zero-order valence-corrected chi connectivity index (χ0v) is 11.6. The number of nitrogens with zero attached hydrogens (tertiary/aromatic N) is 1. The van der Waals surface area contributed by atoms with E-state index >= 15 is 0 Å². The number of amides is 1. The molecule has 0 bridgehead atoms. The molecule has 0 fully saturated rings. The fourth-order valence-corrected chi connectivity index (χ4v) is 1.90. The Morgan fingerprint density at radius 1 is 1.10 bits per heavy atom. The predicted molar refractivity (Wildman–Crippen MR) is 80.9 cm³/mol. The summed E-state index contributed by atoms with van der Waals surface area (Å²) in [5.74, 6) is 0.587. The largest absolute Gasteiger partial charge is 0.370 e. The average Bonchev–Trinajstić information content (AvgIpc) is 2.49. The molecule has 1 aromatic carbocycles. The molecule has 1 heterocycles. The van der Waals surface area contributed by atoms with E-state index in [2.05, 4.69) is 27.8 Å². The van der Waals surface area contributed by atoms with Gasteiger partial charge in [0.25, 0.3) is 5.91 Å². The van der Waals surface area contributed by atoms with Crippen molar-refractivity contribution in [2.75, 3.05) is 18.4 Å². The van der Waals surface area contributed by atoms with Crippen LogP contribution in [0.15, 0.2) is 48.5 Å². The molecule has 4 heteroatoms. The lowest BCUT2D eigenvalue weighted by atomic mass is 10.1. The van der Waals surface area contributed by atoms with Gasteiger partial charge in [0.05, 0.1) is 0 Å². The lowest BCUT2D eigenvalue weighted by molar-refractivity contribution is 0.0949. The van der Waals surface area contributed by atoms with Crippen LogP contribution in [0.2, 0.25) is 0 Å². The molecule has 0 atom stereocenters. The summed E-state index contributed by atoms with van der Waals surface area (Å²) in [7, 11) is 0. The Morgan fingerprint density at radius 3 is 2.65 bits per heavy atom. The van der Waals surface area contributed by atoms with E-state index in [0.29, 0.717) is 12.2 Å². The molecule has 0 unspecified atom stereocenters. The summed E-state index contributed by atoms with van der Waals surface area (Å²) in [4.78, 5) is 16.3. The highest BCUT2D eigenvalue weighted by Crippen LogP contribution is 2.04. The Kier molecular flexibility index (Phi) is 5.12. The maximum atomic E-state index is 12.0. The maximum Gasteiger partial charge on any atom is 0.269 e. The third-order valence-corrected chi connectivity index (χ3v) is 2.88. The molecule has 2 N–H and O–H groups in total. The second-order valence-electron chi connectivity index (χ2n) is 4.43. The van der Waals surface area contributed by atoms with Gasteiger partial charge in [0.15, 0.2) is 0 Å². The predicted octanol–water partition coefficient (Wildman–Crippen LogP) is 2.49. The second kappa shape index (κ2) is 7.28. The summed E-state index contributed by atoms with van der Waals surface area (Å²) < 4.78 is 0. The fraction of sp³-hybridized carbons (Fsp3) is 0.250. The zero-order valence-electron chi connectivity index (χ0n) is 11.6. The van der Waals surface area contributed by atoms with Crippen LogP contribution in [0.5, 0.6) is 0 Å². The first-order valence-electron chi connectivity index (χ1n) is 6.82. The molecule has 0 radical (unpaired) electrons. The molecule has 104 valence electrons. The molecule has 0 aliphatic carbocycles. The number of anilines is 1. The van der Waals surface area contributed by atoms with E-state index in [1.54, 1.807) is 6.07 Å². The minimum atomic E-state index is -0.138. The minimum absolute atomic E-state index is 0.138. The Balaban J connectivity index is 1.87. The van der Waals surface area contributed by atoms with Crippen LogP contribution in [0.1, 0.15) is 23.0 Å². The minimum Gasteiger partial charge on any atom is -0.370 e. The SMILES string of the molecule is CCNc1cccc(C(=O)NCCc2ccccc2)n1. The van der Waals surface area contributed by atoms with Crippen molar-refractivity contribution in [1.29, 1.82) is 0 Å². The van der Waals surface area contributed by atoms with Gasteiger partial charge in [-0.3, -0.25) is 4.79 Å². The van der Waals surface area contributed by atoms with Gasteiger partial charge in [-0.05, 0) is 31.0 Å². The molecule has 2 rings (SSSR count). The van der Waals surface area contributed by atoms with Gasteiger partial charge in [0, 0.05) is 13.1 Å². The van der Waals surface area contributed by atoms with Crippen LogP contribution in [0, 0.1) is 0 Å². The van der Waals surface area contributed by atoms with Crippen LogP contribution in [0.4, 0.5) is 5.82 Å². The van der Waals surface area contributed by atoms with Gasteiger partial charge in [0.2, 0.25) is 0 Å². The number of carbonyl (C=O) groups is 1. The molecular formula is C16H19N3O. The van der Waals surface area contributed by atoms with Gasteiger partial charge >= 0.3 is 0 Å². The topological polar surface area (TPSA) is 54.0 Å². The van der Waals surface area contributed by atoms with Gasteiger partial charge in [-0.15, -0.1) is 0 Å². The molecule has 0 aliphatic heterocycles. The molecule has 0 saturated heterocycles. The van der Waals surface area contributed by atoms with Crippen LogP contribution in [-0.4, -0.2) is 24.0 Å². The standard InChI is InChI=1S/C16H19N3O/c1-2-17-15-10-6-9-14(19-15)16(20)18-12-11-13-7-4-3-5-8-13/h3-10H,2,11-12H2,1H3,(H,17,19)(H,18,20). The third kappa shape index (κ3) is 4.09. The molecule has 4 nitrogen and oxygen atoms in total. The van der Waals surface area contributed by atoms with Crippen molar-refractivity contribution in [1.82, 2.24) is 10.3 Å². The monoisotopic (exact) mass is 269 g/mol. The lowest BCUT2D eigenvalue weighted by Crippen LogP contribution is -2.26. The normalized spacial score (nSPS) is 10.1. The highest BCUT2D eigenvalue weighted by Gasteiger charge is 2.07. The molecule has 2 aromatic rings. The van der Waals surface area contributed by atoms with Crippen molar-refractivity contribution in [2.45, 2.75) is 13.3 Å². The smallest absolute Gasteiger partial charge is 0.269 e. The summed E-state index contributed by atoms with van der Waals surface area (Å²) in [6.07, 6.45) is 0.819. The van der Waals surface area contributed by atoms with Crippen LogP contribution in [-0.2, 0) is 6.42 Å². The van der Waals surface area contributed by atoms with Crippen molar-refractivity contribution in [3.8, 4) is 0 Å². The zero-order chi connectivity index (χ0) is 14.2. The summed E-state index contributed by atoms with van der Waals surface area (Å²) in [5, 5.41) is 5.98. The summed E-state index contributed by atoms with van der Waals surface area (Å²) in [5.41, 5.74) is 1.65. The van der Waals surface area contributed by atoms with Crippen molar-refractivity contribution in [3.05, 3.63) is 59.8 Å². The average molecular weight is 269 g/mol. The van der Waals surface area contributed by atoms with E-state index < -0.39 is 0 Å². The van der Waals surface area contributed by atoms with Crippen LogP contribution in [0.25, 0.3) is 0 Å². The molecule has 1 amide bonds. The van der Waals surface area contributed by atoms with Crippen molar-refractivity contribution >= 4 is 11.7 Å². The van der Waals surface area contributed by atoms with Crippen LogP contribution < -0.4 is 10.6 Å². The van der Waals surface area contributed by atoms with E-state index in [4.69, 9.17) is 0 Å². The van der Waals surface area contributed by atoms with E-state index in [0.717, 1.165) is 18.8 Å². The third-order valence-electron chi connectivity index (χ3n) is 2.88. The molecule has 20 heavy (non-hydrogen) atoms. The second-order valence-corrected chi connectivity index (χ2v) is 4.43. The van der Waals surface area contributed by atoms with E-state index in [9.17, 15) is 4.79 Å². The number of nitrogens with one attached hydrogen (secondary N) is 2. The Labute approximate surface area is 119 Å². The first-order chi connectivity index (χ1) is 9.79. The van der Waals surface area contributed by atoms with Gasteiger partial charge < -0.3 is 10.6 Å². The van der Waals surface area contributed by atoms with E-state index in [-0.39, 0.29) is 5.91 Å². The van der Waals surface area contributed by atoms with Crippen LogP contribution >= 0.6 is 0 Å². The van der Waals surface area contributed by atoms with Crippen molar-refractivity contribution < 1.29 is 4.79 Å². The fourth-order valence-electron chi connectivity index (χ4n) is 1.90. The number of benzene rings is 1. The summed E-state index contributed by atoms with van der Waals surface area (Å²) in [6.45, 7) is 3.39. The van der Waals surface area contributed by atoms with Gasteiger partial charge in [0.1, 0.15) is 11.5 Å². The number of carbonyl (C=O) groups excluding carboxylic acids is 1. The van der Waals surface area contributed by atoms with Crippen molar-refractivity contribution in [3.63, 3.8) is 0 Å². The van der Waals surface area contributed by atoms with Crippen molar-refractivity contribution in [2.24, 2.45) is 0 Å². The Bertz CT molecular complexity index is 555. The highest BCUT2D eigenvalue weighted by molar-refractivity contribution is 5.92. The highest BCUT2D eigenvalue weighted by atomic mass is 16.1. The Hall–Kier alpha value is -2.36. The van der Waals surface area contributed by atoms with Crippen LogP contribution in [0.3, 0.4) is 0 Å². The van der Waals surface area contributed by atoms with Gasteiger partial charge in [-0.2, -0.15) is 0 Å². The van der Waals surface area contributed by atoms with Gasteiger partial charge in [-0.25, -0.2) is 4.98 Å². The first-order valence-corrected chi connectivity index (χ1v) is 6.82. The molecular weight excluding hydrogens is 250 g/mol. The van der Waals surface area contributed by atoms with E-state index in [1.165, 1.54) is 5.56 Å². The number of pyridine rings is 1. The number of aromatic nitrogens is 1. The maximum absolute atomic E-state index is 12.0. The quantitative estimate of drug-likeness (QED) is 0.847. The molecule has 0 aliphatic rings. The van der Waals surface area contributed by atoms with Gasteiger partial charge in [-0.1, -0.05) is 36.4 Å². The number of rotatable bonds is 6. The lowest BCUT2D eigenvalue weighted by Gasteiger charge is -2.07. The molecule has 1 aromatic heterocycles. The Morgan fingerprint density at radius 2 is 1.90 bits per heavy atom. The number of hydrogen-bond acceptors (Lipinski definition) is 3. The number of hydrogen-bond donors (Lipinski definition) is 2. The first kappa shape index (κ1) is 14.1. The van der Waals surface area contributed by atoms with E-state index in [1.807, 2.05) is 37.3 Å².